The molecule has 2 N–H and O–H groups in total. The number of guanidine groups is 1. The molecule has 166 valence electrons. The van der Waals surface area contributed by atoms with Crippen molar-refractivity contribution in [3.05, 3.63) is 71.5 Å². The van der Waals surface area contributed by atoms with Crippen molar-refractivity contribution in [2.45, 2.75) is 19.4 Å². The minimum Gasteiger partial charge on any atom is -0.376 e. The fourth-order valence-electron chi connectivity index (χ4n) is 3.68. The van der Waals surface area contributed by atoms with Gasteiger partial charge in [0.2, 0.25) is 5.91 Å². The van der Waals surface area contributed by atoms with Gasteiger partial charge < -0.3 is 20.3 Å². The predicted molar refractivity (Wildman–Crippen MR) is 120 cm³/mol. The van der Waals surface area contributed by atoms with Crippen molar-refractivity contribution in [2.75, 3.05) is 39.8 Å². The lowest BCUT2D eigenvalue weighted by atomic mass is 10.1. The molecule has 1 atom stereocenters. The molecule has 1 unspecified atom stereocenters. The molecular formula is C24H31FN4O2. The summed E-state index contributed by atoms with van der Waals surface area (Å²) >= 11 is 0. The second kappa shape index (κ2) is 12.1. The maximum atomic E-state index is 13.2. The first kappa shape index (κ1) is 22.7. The Hall–Kier alpha value is -2.93. The molecule has 0 bridgehead atoms. The van der Waals surface area contributed by atoms with Crippen molar-refractivity contribution in [1.29, 1.82) is 0 Å². The summed E-state index contributed by atoms with van der Waals surface area (Å²) in [5.41, 5.74) is 1.85. The number of amides is 1. The number of aliphatic imine (C=N–C) groups is 1. The third-order valence-electron chi connectivity index (χ3n) is 5.25. The van der Waals surface area contributed by atoms with Crippen molar-refractivity contribution in [2.24, 2.45) is 10.9 Å². The van der Waals surface area contributed by atoms with Crippen LogP contribution in [0.1, 0.15) is 17.5 Å². The van der Waals surface area contributed by atoms with Gasteiger partial charge in [0.05, 0.1) is 19.6 Å². The van der Waals surface area contributed by atoms with Gasteiger partial charge in [-0.3, -0.25) is 9.79 Å². The van der Waals surface area contributed by atoms with Crippen LogP contribution in [0.25, 0.3) is 0 Å². The molecule has 7 heteroatoms. The van der Waals surface area contributed by atoms with Gasteiger partial charge in [0, 0.05) is 39.1 Å². The number of nitrogens with one attached hydrogen (secondary N) is 2. The highest BCUT2D eigenvalue weighted by Crippen LogP contribution is 2.17. The van der Waals surface area contributed by atoms with Gasteiger partial charge in [0.15, 0.2) is 5.96 Å². The molecule has 0 spiro atoms. The summed E-state index contributed by atoms with van der Waals surface area (Å²) in [6, 6.07) is 16.3. The molecule has 1 amide bonds. The first-order valence-corrected chi connectivity index (χ1v) is 10.7. The van der Waals surface area contributed by atoms with Crippen molar-refractivity contribution < 1.29 is 13.9 Å². The molecular weight excluding hydrogens is 395 g/mol. The molecule has 0 aromatic heterocycles. The van der Waals surface area contributed by atoms with E-state index in [0.29, 0.717) is 31.2 Å². The third kappa shape index (κ3) is 7.68. The second-order valence-corrected chi connectivity index (χ2v) is 7.73. The Balaban J connectivity index is 1.31. The highest BCUT2D eigenvalue weighted by atomic mass is 19.1. The summed E-state index contributed by atoms with van der Waals surface area (Å²) in [5, 5.41) is 6.16. The Bertz CT molecular complexity index is 860. The number of ether oxygens (including phenoxy) is 1. The van der Waals surface area contributed by atoms with Crippen molar-refractivity contribution in [3.63, 3.8) is 0 Å². The van der Waals surface area contributed by atoms with Crippen LogP contribution < -0.4 is 10.6 Å². The largest absolute Gasteiger partial charge is 0.376 e. The van der Waals surface area contributed by atoms with Crippen LogP contribution in [-0.2, 0) is 22.6 Å². The van der Waals surface area contributed by atoms with Crippen LogP contribution >= 0.6 is 0 Å². The first-order valence-electron chi connectivity index (χ1n) is 10.7. The van der Waals surface area contributed by atoms with Crippen LogP contribution in [-0.4, -0.2) is 56.6 Å². The highest BCUT2D eigenvalue weighted by molar-refractivity contribution is 5.80. The molecule has 1 heterocycles. The number of halogens is 1. The third-order valence-corrected chi connectivity index (χ3v) is 5.25. The molecule has 0 radical (unpaired) electrons. The zero-order valence-electron chi connectivity index (χ0n) is 18.0. The van der Waals surface area contributed by atoms with E-state index in [-0.39, 0.29) is 18.1 Å². The molecule has 1 aliphatic heterocycles. The fourth-order valence-corrected chi connectivity index (χ4v) is 3.68. The van der Waals surface area contributed by atoms with E-state index in [1.54, 1.807) is 19.2 Å². The lowest BCUT2D eigenvalue weighted by molar-refractivity contribution is -0.120. The molecule has 6 nitrogen and oxygen atoms in total. The van der Waals surface area contributed by atoms with Gasteiger partial charge in [-0.25, -0.2) is 4.39 Å². The monoisotopic (exact) mass is 426 g/mol. The van der Waals surface area contributed by atoms with Crippen LogP contribution in [0.5, 0.6) is 0 Å². The lowest BCUT2D eigenvalue weighted by Gasteiger charge is -2.22. The molecule has 1 fully saturated rings. The minimum absolute atomic E-state index is 0.126. The predicted octanol–water partition coefficient (Wildman–Crippen LogP) is 2.60. The summed E-state index contributed by atoms with van der Waals surface area (Å²) in [7, 11) is 1.77. The Morgan fingerprint density at radius 2 is 1.90 bits per heavy atom. The SMILES string of the molecule is CN=C(NCCNC(=O)Cc1cccc(F)c1)N1CCC(COCc2ccccc2)C1. The van der Waals surface area contributed by atoms with Gasteiger partial charge >= 0.3 is 0 Å². The number of hydrogen-bond donors (Lipinski definition) is 2. The molecule has 1 aliphatic rings. The topological polar surface area (TPSA) is 66.0 Å². The van der Waals surface area contributed by atoms with E-state index in [1.807, 2.05) is 18.2 Å². The summed E-state index contributed by atoms with van der Waals surface area (Å²) < 4.78 is 19.1. The number of rotatable bonds is 9. The smallest absolute Gasteiger partial charge is 0.224 e. The molecule has 2 aromatic rings. The normalized spacial score (nSPS) is 16.4. The highest BCUT2D eigenvalue weighted by Gasteiger charge is 2.24. The maximum Gasteiger partial charge on any atom is 0.224 e. The average molecular weight is 427 g/mol. The van der Waals surface area contributed by atoms with Crippen LogP contribution in [0.2, 0.25) is 0 Å². The molecule has 0 aliphatic carbocycles. The van der Waals surface area contributed by atoms with Gasteiger partial charge in [-0.2, -0.15) is 0 Å². The first-order chi connectivity index (χ1) is 15.1. The number of nitrogens with zero attached hydrogens (tertiary/aromatic N) is 2. The molecule has 3 rings (SSSR count). The van der Waals surface area contributed by atoms with E-state index in [4.69, 9.17) is 4.74 Å². The molecule has 2 aromatic carbocycles. The Morgan fingerprint density at radius 3 is 2.68 bits per heavy atom. The molecule has 0 saturated carbocycles. The van der Waals surface area contributed by atoms with Crippen LogP contribution in [0.15, 0.2) is 59.6 Å². The molecule has 1 saturated heterocycles. The van der Waals surface area contributed by atoms with Crippen LogP contribution in [0.3, 0.4) is 0 Å². The Morgan fingerprint density at radius 1 is 1.13 bits per heavy atom. The summed E-state index contributed by atoms with van der Waals surface area (Å²) in [6.45, 7) is 4.27. The van der Waals surface area contributed by atoms with Gasteiger partial charge in [-0.05, 0) is 29.7 Å². The van der Waals surface area contributed by atoms with Gasteiger partial charge in [-0.1, -0.05) is 42.5 Å². The van der Waals surface area contributed by atoms with Crippen LogP contribution in [0, 0.1) is 11.7 Å². The maximum absolute atomic E-state index is 13.2. The average Bonchev–Trinajstić information content (AvgIpc) is 3.23. The zero-order chi connectivity index (χ0) is 21.9. The van der Waals surface area contributed by atoms with Gasteiger partial charge in [0.1, 0.15) is 5.82 Å². The Labute approximate surface area is 183 Å². The van der Waals surface area contributed by atoms with Gasteiger partial charge in [-0.15, -0.1) is 0 Å². The number of benzene rings is 2. The van der Waals surface area contributed by atoms with Crippen molar-refractivity contribution in [1.82, 2.24) is 15.5 Å². The van der Waals surface area contributed by atoms with E-state index in [2.05, 4.69) is 32.7 Å². The standard InChI is InChI=1S/C24H31FN4O2/c1-26-24(28-12-11-27-23(30)15-20-8-5-9-22(25)14-20)29-13-10-21(16-29)18-31-17-19-6-3-2-4-7-19/h2-9,14,21H,10-13,15-18H2,1H3,(H,26,28)(H,27,30). The Kier molecular flexibility index (Phi) is 8.84. The summed E-state index contributed by atoms with van der Waals surface area (Å²) in [5.74, 6) is 0.863. The van der Waals surface area contributed by atoms with Gasteiger partial charge in [0.25, 0.3) is 0 Å². The second-order valence-electron chi connectivity index (χ2n) is 7.73. The number of likely N-dealkylation sites (tertiary alicyclic amines) is 1. The van der Waals surface area contributed by atoms with Crippen LogP contribution in [0.4, 0.5) is 4.39 Å². The fraction of sp³-hybridized carbons (Fsp3) is 0.417. The summed E-state index contributed by atoms with van der Waals surface area (Å²) in [6.07, 6.45) is 1.24. The van der Waals surface area contributed by atoms with E-state index in [1.165, 1.54) is 17.7 Å². The minimum atomic E-state index is -0.329. The number of carbonyl (C=O) groups excluding carboxylic acids is 1. The number of carbonyl (C=O) groups is 1. The van der Waals surface area contributed by atoms with Crippen molar-refractivity contribution in [3.8, 4) is 0 Å². The van der Waals surface area contributed by atoms with E-state index in [9.17, 15) is 9.18 Å². The van der Waals surface area contributed by atoms with E-state index >= 15 is 0 Å². The molecule has 31 heavy (non-hydrogen) atoms. The van der Waals surface area contributed by atoms with Crippen molar-refractivity contribution >= 4 is 11.9 Å². The van der Waals surface area contributed by atoms with E-state index < -0.39 is 0 Å². The zero-order valence-corrected chi connectivity index (χ0v) is 18.0. The number of hydrogen-bond acceptors (Lipinski definition) is 3. The quantitative estimate of drug-likeness (QED) is 0.368. The lowest BCUT2D eigenvalue weighted by Crippen LogP contribution is -2.43. The summed E-state index contributed by atoms with van der Waals surface area (Å²) in [4.78, 5) is 18.6. The van der Waals surface area contributed by atoms with E-state index in [0.717, 1.165) is 32.1 Å².